The van der Waals surface area contributed by atoms with Gasteiger partial charge in [0.2, 0.25) is 0 Å². The molecular formula is C16H21N3O2. The van der Waals surface area contributed by atoms with Crippen LogP contribution in [0.1, 0.15) is 20.7 Å². The molecular weight excluding hydrogens is 266 g/mol. The van der Waals surface area contributed by atoms with Crippen LogP contribution in [-0.2, 0) is 17.5 Å². The fraction of sp³-hybridized carbons (Fsp3) is 0.438. The maximum atomic E-state index is 11.5. The van der Waals surface area contributed by atoms with Crippen molar-refractivity contribution in [1.82, 2.24) is 15.2 Å². The fourth-order valence-electron chi connectivity index (χ4n) is 1.98. The Hall–Kier alpha value is -2.01. The van der Waals surface area contributed by atoms with Crippen LogP contribution in [0.3, 0.4) is 0 Å². The van der Waals surface area contributed by atoms with E-state index in [9.17, 15) is 4.79 Å². The van der Waals surface area contributed by atoms with E-state index in [-0.39, 0.29) is 22.9 Å². The molecule has 5 heteroatoms. The number of hydrogen-bond donors (Lipinski definition) is 2. The van der Waals surface area contributed by atoms with Crippen LogP contribution in [0.15, 0.2) is 24.3 Å². The zero-order valence-corrected chi connectivity index (χ0v) is 11.7. The highest BCUT2D eigenvalue weighted by molar-refractivity contribution is 5.84. The lowest BCUT2D eigenvalue weighted by Gasteiger charge is -2.09. The summed E-state index contributed by atoms with van der Waals surface area (Å²) >= 11 is 0. The third-order valence-corrected chi connectivity index (χ3v) is 2.99. The first-order valence-corrected chi connectivity index (χ1v) is 6.47. The van der Waals surface area contributed by atoms with Crippen molar-refractivity contribution < 1.29 is 22.0 Å². The molecule has 1 aromatic heterocycles. The Kier molecular flexibility index (Phi) is 1.88. The fourth-order valence-corrected chi connectivity index (χ4v) is 1.98. The van der Waals surface area contributed by atoms with Gasteiger partial charge in [-0.15, -0.1) is 0 Å². The lowest BCUT2D eigenvalue weighted by Crippen LogP contribution is -2.28. The Morgan fingerprint density at radius 3 is 3.14 bits per heavy atom. The number of aromatic amines is 1. The average molecular weight is 296 g/mol. The summed E-state index contributed by atoms with van der Waals surface area (Å²) in [6.45, 7) is -2.29. The Morgan fingerprint density at radius 1 is 1.57 bits per heavy atom. The SMILES string of the molecule is [2H]c1c(C([2H])([2H])[C@H]2COC(=O)N2[2H])c([2H])c2c(CC([2H])([2H])N(C)C)cn([2H])c2c1[2H]. The molecule has 1 aliphatic rings. The van der Waals surface area contributed by atoms with Gasteiger partial charge in [-0.1, -0.05) is 6.04 Å². The van der Waals surface area contributed by atoms with Crippen molar-refractivity contribution in [2.75, 3.05) is 27.2 Å². The summed E-state index contributed by atoms with van der Waals surface area (Å²) in [6.07, 6.45) is -2.59. The minimum Gasteiger partial charge on any atom is -0.447 e. The van der Waals surface area contributed by atoms with Crippen molar-refractivity contribution in [2.45, 2.75) is 18.8 Å². The molecule has 0 bridgehead atoms. The zero-order chi connectivity index (χ0) is 22.8. The summed E-state index contributed by atoms with van der Waals surface area (Å²) in [4.78, 5) is 13.6. The number of hydrogen-bond acceptors (Lipinski definition) is 3. The van der Waals surface area contributed by atoms with Crippen molar-refractivity contribution in [3.63, 3.8) is 0 Å². The molecule has 1 aliphatic heterocycles. The highest BCUT2D eigenvalue weighted by Gasteiger charge is 2.22. The van der Waals surface area contributed by atoms with Gasteiger partial charge in [-0.2, -0.15) is 0 Å². The molecule has 0 spiro atoms. The van der Waals surface area contributed by atoms with Crippen molar-refractivity contribution in [1.29, 1.82) is 0 Å². The first-order valence-electron chi connectivity index (χ1n) is 10.9. The van der Waals surface area contributed by atoms with Gasteiger partial charge in [0.05, 0.1) is 10.2 Å². The van der Waals surface area contributed by atoms with Gasteiger partial charge in [0.25, 0.3) is 0 Å². The standard InChI is InChI=1S/C16H21N3O2/c1-19(2)6-5-12-9-17-15-4-3-11(8-14(12)15)7-13-10-21-16(20)18-13/h3-4,8-9,13,17H,5-7,10H2,1-2H3,(H,18,20)/t13-/m0/s1/i3D,4D,6D2,7D2,8D/hD2. The molecule has 1 atom stereocenters. The van der Waals surface area contributed by atoms with Crippen LogP contribution in [0.5, 0.6) is 0 Å². The van der Waals surface area contributed by atoms with Crippen molar-refractivity contribution >= 4 is 17.0 Å². The molecule has 0 saturated carbocycles. The second-order valence-electron chi connectivity index (χ2n) is 4.85. The quantitative estimate of drug-likeness (QED) is 0.886. The molecule has 1 saturated heterocycles. The highest BCUT2D eigenvalue weighted by atomic mass is 16.6. The van der Waals surface area contributed by atoms with Gasteiger partial charge in [-0.05, 0) is 50.1 Å². The van der Waals surface area contributed by atoms with Crippen LogP contribution in [-0.4, -0.2) is 49.2 Å². The summed E-state index contributed by atoms with van der Waals surface area (Å²) in [5.74, 6) is 0. The molecule has 112 valence electrons. The maximum Gasteiger partial charge on any atom is 0.407 e. The Morgan fingerprint density at radius 2 is 2.43 bits per heavy atom. The summed E-state index contributed by atoms with van der Waals surface area (Å²) in [6, 6.07) is -3.02. The van der Waals surface area contributed by atoms with E-state index in [1.807, 2.05) is 0 Å². The number of H-pyrrole nitrogens is 1. The molecule has 2 heterocycles. The first-order chi connectivity index (χ1) is 13.7. The second kappa shape index (κ2) is 5.77. The van der Waals surface area contributed by atoms with Crippen LogP contribution >= 0.6 is 0 Å². The number of likely N-dealkylation sites (N-methyl/N-ethyl adjacent to an activating group) is 1. The van der Waals surface area contributed by atoms with Crippen LogP contribution in [0.25, 0.3) is 10.9 Å². The van der Waals surface area contributed by atoms with Crippen molar-refractivity contribution in [2.24, 2.45) is 0 Å². The van der Waals surface area contributed by atoms with Gasteiger partial charge in [0, 0.05) is 29.1 Å². The van der Waals surface area contributed by atoms with Gasteiger partial charge in [-0.25, -0.2) is 4.79 Å². The largest absolute Gasteiger partial charge is 0.447 e. The third kappa shape index (κ3) is 3.19. The number of cyclic esters (lactones) is 1. The Balaban J connectivity index is 2.27. The van der Waals surface area contributed by atoms with E-state index < -0.39 is 55.3 Å². The van der Waals surface area contributed by atoms with E-state index in [0.717, 1.165) is 4.98 Å². The van der Waals surface area contributed by atoms with Crippen molar-refractivity contribution in [3.05, 3.63) is 35.5 Å². The minimum absolute atomic E-state index is 0.00243. The summed E-state index contributed by atoms with van der Waals surface area (Å²) in [5.41, 5.74) is -0.385. The normalized spacial score (nSPS) is 26.2. The molecule has 5 nitrogen and oxygen atoms in total. The van der Waals surface area contributed by atoms with Crippen LogP contribution in [0, 0.1) is 0 Å². The van der Waals surface area contributed by atoms with Gasteiger partial charge in [0.15, 0.2) is 2.82 Å². The van der Waals surface area contributed by atoms with E-state index in [4.69, 9.17) is 17.2 Å². The van der Waals surface area contributed by atoms with Gasteiger partial charge >= 0.3 is 6.09 Å². The summed E-state index contributed by atoms with van der Waals surface area (Å²) < 4.78 is 78.9. The van der Waals surface area contributed by atoms with Gasteiger partial charge in [0.1, 0.15) is 6.61 Å². The van der Waals surface area contributed by atoms with Gasteiger partial charge < -0.3 is 19.9 Å². The molecule has 0 radical (unpaired) electrons. The molecule has 1 aromatic carbocycles. The monoisotopic (exact) mass is 296 g/mol. The Labute approximate surface area is 137 Å². The zero-order valence-electron chi connectivity index (χ0n) is 20.7. The number of nitrogens with zero attached hydrogens (tertiary/aromatic N) is 1. The van der Waals surface area contributed by atoms with Crippen LogP contribution in [0.2, 0.25) is 2.82 Å². The highest BCUT2D eigenvalue weighted by Crippen LogP contribution is 2.21. The number of alkyl carbamates (subject to hydrolysis) is 1. The predicted octanol–water partition coefficient (Wildman–Crippen LogP) is 1.92. The predicted molar refractivity (Wildman–Crippen MR) is 82.5 cm³/mol. The number of nitrogens with one attached hydrogen (secondary N) is 2. The molecule has 2 aromatic rings. The number of amides is 1. The smallest absolute Gasteiger partial charge is 0.407 e. The maximum absolute atomic E-state index is 11.5. The number of fused-ring (bicyclic) bond motifs is 1. The van der Waals surface area contributed by atoms with E-state index in [0.29, 0.717) is 5.31 Å². The molecule has 3 rings (SSSR count). The lowest BCUT2D eigenvalue weighted by molar-refractivity contribution is 0.177. The third-order valence-electron chi connectivity index (χ3n) is 2.99. The molecule has 0 aliphatic carbocycles. The first kappa shape index (κ1) is 6.83. The number of aromatic nitrogens is 1. The number of carbonyl (C=O) groups excluding carboxylic acids is 1. The lowest BCUT2D eigenvalue weighted by atomic mass is 10.0. The Bertz CT molecular complexity index is 1020. The van der Waals surface area contributed by atoms with E-state index in [1.165, 1.54) is 25.2 Å². The number of carbonyl (C=O) groups is 1. The second-order valence-corrected chi connectivity index (χ2v) is 4.85. The minimum atomic E-state index is -2.56. The van der Waals surface area contributed by atoms with Crippen molar-refractivity contribution in [3.8, 4) is 0 Å². The molecule has 2 N–H and O–H groups in total. The van der Waals surface area contributed by atoms with Crippen LogP contribution in [0.4, 0.5) is 4.79 Å². The molecule has 1 amide bonds. The average Bonchev–Trinajstić information content (AvgIpc) is 3.12. The van der Waals surface area contributed by atoms with E-state index >= 15 is 0 Å². The topological polar surface area (TPSA) is 57.4 Å². The van der Waals surface area contributed by atoms with Gasteiger partial charge in [-0.3, -0.25) is 0 Å². The number of benzene rings is 1. The number of aryl methyl sites for hydroxylation is 1. The van der Waals surface area contributed by atoms with E-state index in [2.05, 4.69) is 0 Å². The number of ether oxygens (including phenoxy) is 1. The summed E-state index contributed by atoms with van der Waals surface area (Å²) in [5, 5.41) is 0.311. The molecule has 1 fully saturated rings. The summed E-state index contributed by atoms with van der Waals surface area (Å²) in [7, 11) is 3.06. The molecule has 21 heavy (non-hydrogen) atoms. The van der Waals surface area contributed by atoms with Crippen LogP contribution < -0.4 is 5.31 Å². The number of rotatable bonds is 5. The van der Waals surface area contributed by atoms with E-state index in [1.54, 1.807) is 0 Å². The molecule has 0 unspecified atom stereocenters.